The van der Waals surface area contributed by atoms with Gasteiger partial charge in [0.05, 0.1) is 24.0 Å². The number of halogens is 12. The second kappa shape index (κ2) is 16.4. The number of hydrogen-bond donors (Lipinski definition) is 3. The van der Waals surface area contributed by atoms with Gasteiger partial charge in [0, 0.05) is 32.1 Å². The second-order valence-electron chi connectivity index (χ2n) is 13.6. The van der Waals surface area contributed by atoms with Crippen LogP contribution in [-0.4, -0.2) is 112 Å². The largest absolute Gasteiger partial charge is 0.481 e. The van der Waals surface area contributed by atoms with Crippen LogP contribution in [0.15, 0.2) is 34.0 Å². The van der Waals surface area contributed by atoms with E-state index < -0.39 is 71.8 Å². The van der Waals surface area contributed by atoms with Gasteiger partial charge in [-0.25, -0.2) is 9.59 Å². The Kier molecular flexibility index (Phi) is 12.8. The Morgan fingerprint density at radius 1 is 0.702 bits per heavy atom. The van der Waals surface area contributed by atoms with Crippen LogP contribution in [0.1, 0.15) is 38.5 Å². The fraction of sp³-hybridized carbons (Fsp3) is 0.667. The summed E-state index contributed by atoms with van der Waals surface area (Å²) in [5.41, 5.74) is 5.13. The highest BCUT2D eigenvalue weighted by molar-refractivity contribution is 5.94. The Balaban J connectivity index is 0.000000223. The van der Waals surface area contributed by atoms with E-state index in [0.717, 1.165) is 9.80 Å². The van der Waals surface area contributed by atoms with E-state index in [4.69, 9.17) is 10.8 Å². The number of carbonyl (C=O) groups is 4. The zero-order valence-electron chi connectivity index (χ0n) is 28.8. The van der Waals surface area contributed by atoms with E-state index in [1.54, 1.807) is 0 Å². The van der Waals surface area contributed by atoms with Crippen molar-refractivity contribution in [3.8, 4) is 0 Å². The Morgan fingerprint density at radius 3 is 1.39 bits per heavy atom. The first kappa shape index (κ1) is 44.6. The zero-order chi connectivity index (χ0) is 42.8. The van der Waals surface area contributed by atoms with Crippen molar-refractivity contribution in [3.05, 3.63) is 24.9 Å². The van der Waals surface area contributed by atoms with Crippen molar-refractivity contribution in [2.75, 3.05) is 37.2 Å². The topological polar surface area (TPSA) is 204 Å². The summed E-state index contributed by atoms with van der Waals surface area (Å²) in [7, 11) is 0. The van der Waals surface area contributed by atoms with E-state index in [1.165, 1.54) is 24.9 Å². The number of nitrogens with two attached hydrogens (primary N) is 1. The number of alkyl halides is 12. The van der Waals surface area contributed by atoms with Crippen molar-refractivity contribution in [2.24, 2.45) is 22.7 Å². The van der Waals surface area contributed by atoms with Crippen LogP contribution in [-0.2, 0) is 19.1 Å². The average molecular weight is 849 g/mol. The molecule has 4 N–H and O–H groups in total. The molecule has 4 fully saturated rings. The van der Waals surface area contributed by atoms with Crippen LogP contribution >= 0.6 is 0 Å². The van der Waals surface area contributed by atoms with Gasteiger partial charge >= 0.3 is 42.9 Å². The third-order valence-electron chi connectivity index (χ3n) is 9.81. The van der Waals surface area contributed by atoms with Gasteiger partial charge in [-0.1, -0.05) is 10.3 Å². The number of rotatable bonds is 5. The van der Waals surface area contributed by atoms with Gasteiger partial charge in [0.1, 0.15) is 18.2 Å². The van der Waals surface area contributed by atoms with Gasteiger partial charge in [-0.05, 0) is 49.4 Å². The molecule has 320 valence electrons. The highest BCUT2D eigenvalue weighted by Gasteiger charge is 2.63. The van der Waals surface area contributed by atoms with Crippen molar-refractivity contribution in [3.63, 3.8) is 0 Å². The van der Waals surface area contributed by atoms with Gasteiger partial charge in [-0.2, -0.15) is 52.7 Å². The molecule has 4 aliphatic rings. The summed E-state index contributed by atoms with van der Waals surface area (Å²) < 4.78 is 165. The lowest BCUT2D eigenvalue weighted by Gasteiger charge is -2.33. The van der Waals surface area contributed by atoms with Crippen molar-refractivity contribution in [2.45, 2.75) is 75.4 Å². The van der Waals surface area contributed by atoms with E-state index >= 15 is 0 Å². The van der Waals surface area contributed by atoms with Crippen molar-refractivity contribution < 1.29 is 95.5 Å². The van der Waals surface area contributed by atoms with Crippen molar-refractivity contribution >= 4 is 35.4 Å². The maximum atomic E-state index is 12.5. The molecule has 2 aliphatic carbocycles. The molecule has 15 nitrogen and oxygen atoms in total. The number of aliphatic carboxylic acids is 1. The first-order chi connectivity index (χ1) is 26.2. The molecule has 0 aromatic carbocycles. The lowest BCUT2D eigenvalue weighted by molar-refractivity contribution is -0.309. The van der Waals surface area contributed by atoms with E-state index in [-0.39, 0.29) is 63.7 Å². The monoisotopic (exact) mass is 848 g/mol. The summed E-state index contributed by atoms with van der Waals surface area (Å²) in [5, 5.41) is 18.2. The van der Waals surface area contributed by atoms with E-state index in [2.05, 4.69) is 34.2 Å². The first-order valence-electron chi connectivity index (χ1n) is 16.4. The molecule has 27 heteroatoms. The molecule has 4 heterocycles. The Morgan fingerprint density at radius 2 is 1.09 bits per heavy atom. The predicted molar refractivity (Wildman–Crippen MR) is 161 cm³/mol. The SMILES string of the molecule is Nc1cnoc1.O=C(Nc1cnoc1)C1CC12CCN(C(=O)OC(C(F)(F)F)C(F)(F)F)CC2.O=C(O)C1CC12CCN(C(=O)OC(C(F)(F)F)C(F)(F)F)CC2. The van der Waals surface area contributed by atoms with Gasteiger partial charge < -0.3 is 44.5 Å². The summed E-state index contributed by atoms with van der Waals surface area (Å²) >= 11 is 0. The van der Waals surface area contributed by atoms with Crippen LogP contribution in [0.25, 0.3) is 0 Å². The molecule has 2 saturated heterocycles. The van der Waals surface area contributed by atoms with Gasteiger partial charge in [-0.15, -0.1) is 0 Å². The zero-order valence-corrected chi connectivity index (χ0v) is 28.8. The fourth-order valence-corrected chi connectivity index (χ4v) is 6.49. The normalized spacial score (nSPS) is 21.2. The average Bonchev–Trinajstić information content (AvgIpc) is 3.77. The molecule has 2 aromatic rings. The van der Waals surface area contributed by atoms with Crippen LogP contribution in [0.2, 0.25) is 0 Å². The lowest BCUT2D eigenvalue weighted by Crippen LogP contribution is -2.49. The molecule has 57 heavy (non-hydrogen) atoms. The molecule has 2 unspecified atom stereocenters. The Labute approximate surface area is 311 Å². The van der Waals surface area contributed by atoms with E-state index in [1.807, 2.05) is 0 Å². The summed E-state index contributed by atoms with van der Waals surface area (Å²) in [6, 6.07) is 0. The van der Waals surface area contributed by atoms with E-state index in [9.17, 15) is 71.9 Å². The number of amides is 3. The van der Waals surface area contributed by atoms with E-state index in [0.29, 0.717) is 24.2 Å². The van der Waals surface area contributed by atoms with Crippen molar-refractivity contribution in [1.29, 1.82) is 0 Å². The quantitative estimate of drug-likeness (QED) is 0.280. The summed E-state index contributed by atoms with van der Waals surface area (Å²) in [6.45, 7) is -0.466. The maximum absolute atomic E-state index is 12.5. The minimum atomic E-state index is -5.76. The number of nitrogen functional groups attached to an aromatic ring is 1. The second-order valence-corrected chi connectivity index (χ2v) is 13.6. The number of anilines is 2. The van der Waals surface area contributed by atoms with Crippen LogP contribution in [0.5, 0.6) is 0 Å². The molecule has 0 radical (unpaired) electrons. The molecule has 2 saturated carbocycles. The molecular weight excluding hydrogens is 816 g/mol. The van der Waals surface area contributed by atoms with Gasteiger partial charge in [0.25, 0.3) is 12.2 Å². The lowest BCUT2D eigenvalue weighted by atomic mass is 9.91. The summed E-state index contributed by atoms with van der Waals surface area (Å²) in [6.07, 6.45) is -27.5. The van der Waals surface area contributed by atoms with Gasteiger partial charge in [0.15, 0.2) is 0 Å². The van der Waals surface area contributed by atoms with Crippen LogP contribution in [0.4, 0.5) is 73.6 Å². The van der Waals surface area contributed by atoms with Crippen LogP contribution in [0.3, 0.4) is 0 Å². The Hall–Kier alpha value is -5.14. The maximum Gasteiger partial charge on any atom is 0.434 e. The third-order valence-corrected chi connectivity index (χ3v) is 9.81. The third kappa shape index (κ3) is 11.5. The molecule has 2 spiro atoms. The number of aromatic nitrogens is 2. The number of carboxylic acid groups (broad SMARTS) is 1. The minimum absolute atomic E-state index is 0.0989. The first-order valence-corrected chi connectivity index (χ1v) is 16.4. The fourth-order valence-electron chi connectivity index (χ4n) is 6.49. The highest BCUT2D eigenvalue weighted by Crippen LogP contribution is 2.60. The smallest absolute Gasteiger partial charge is 0.434 e. The number of likely N-dealkylation sites (tertiary alicyclic amines) is 2. The molecule has 6 rings (SSSR count). The molecule has 3 amide bonds. The van der Waals surface area contributed by atoms with Gasteiger partial charge in [0.2, 0.25) is 5.91 Å². The molecule has 0 bridgehead atoms. The number of piperidine rings is 2. The molecule has 2 atom stereocenters. The van der Waals surface area contributed by atoms with Crippen LogP contribution in [0, 0.1) is 22.7 Å². The minimum Gasteiger partial charge on any atom is -0.481 e. The number of nitrogens with zero attached hydrogens (tertiary/aromatic N) is 4. The molecular formula is C30H32F12N6O9. The number of ether oxygens (including phenoxy) is 2. The number of hydrogen-bond acceptors (Lipinski definition) is 11. The molecule has 2 aromatic heterocycles. The standard InChI is InChI=1S/C15H15F6N3O4.C12H13F6NO4.C3H4N2O/c16-14(17,18)11(15(19,20)21)28-12(26)24-3-1-13(2-4-24)5-9(13)10(25)23-8-6-22-27-7-8;13-11(14,15)8(12(16,17)18)23-9(22)19-3-1-10(2-4-19)5-6(10)7(20)21;4-3-1-5-6-2-3/h6-7,9,11H,1-5H2,(H,23,25);6,8H,1-5H2,(H,20,21);1-2H,4H2. The predicted octanol–water partition coefficient (Wildman–Crippen LogP) is 6.40. The van der Waals surface area contributed by atoms with Crippen LogP contribution < -0.4 is 11.1 Å². The Bertz CT molecular complexity index is 1660. The number of carboxylic acids is 1. The highest BCUT2D eigenvalue weighted by atomic mass is 19.4. The number of carbonyl (C=O) groups excluding carboxylic acids is 3. The summed E-state index contributed by atoms with van der Waals surface area (Å²) in [4.78, 5) is 47.9. The number of nitrogens with one attached hydrogen (secondary N) is 1. The molecule has 2 aliphatic heterocycles. The summed E-state index contributed by atoms with van der Waals surface area (Å²) in [5.74, 6) is -2.21. The van der Waals surface area contributed by atoms with Crippen molar-refractivity contribution in [1.82, 2.24) is 20.1 Å². The van der Waals surface area contributed by atoms with Gasteiger partial charge in [-0.3, -0.25) is 9.59 Å².